The maximum atomic E-state index is 14.2. The maximum absolute atomic E-state index is 14.2. The number of nitrogens with one attached hydrogen (secondary N) is 3. The van der Waals surface area contributed by atoms with E-state index in [0.29, 0.717) is 97.5 Å². The first-order chi connectivity index (χ1) is 35.4. The first-order valence-electron chi connectivity index (χ1n) is 26.1. The summed E-state index contributed by atoms with van der Waals surface area (Å²) in [6, 6.07) is 9.55. The molecular formula is C54H67N11O7S. The minimum atomic E-state index is -0.593. The van der Waals surface area contributed by atoms with Crippen LogP contribution in [0, 0.1) is 12.8 Å². The van der Waals surface area contributed by atoms with Crippen LogP contribution in [0.4, 0.5) is 17.5 Å². The van der Waals surface area contributed by atoms with Crippen LogP contribution in [0.15, 0.2) is 59.0 Å². The Hall–Kier alpha value is -6.60. The van der Waals surface area contributed by atoms with Gasteiger partial charge in [0.15, 0.2) is 5.78 Å². The maximum Gasteiger partial charge on any atom is 0.263 e. The number of amides is 3. The van der Waals surface area contributed by atoms with Crippen molar-refractivity contribution in [2.24, 2.45) is 5.92 Å². The van der Waals surface area contributed by atoms with Gasteiger partial charge >= 0.3 is 0 Å². The van der Waals surface area contributed by atoms with Crippen molar-refractivity contribution in [3.63, 3.8) is 0 Å². The summed E-state index contributed by atoms with van der Waals surface area (Å²) in [5.41, 5.74) is 2.69. The molecule has 73 heavy (non-hydrogen) atoms. The number of aryl methyl sites for hydroxylation is 1. The van der Waals surface area contributed by atoms with Gasteiger partial charge in [-0.3, -0.25) is 33.3 Å². The number of thiazole rings is 1. The van der Waals surface area contributed by atoms with Crippen LogP contribution < -0.4 is 31.1 Å². The fraction of sp³-hybridized carbons (Fsp3) is 0.519. The van der Waals surface area contributed by atoms with E-state index in [4.69, 9.17) is 14.7 Å². The summed E-state index contributed by atoms with van der Waals surface area (Å²) in [5.74, 6) is 0.782. The Bertz CT molecular complexity index is 2890. The van der Waals surface area contributed by atoms with Gasteiger partial charge < -0.3 is 35.4 Å². The van der Waals surface area contributed by atoms with Crippen LogP contribution in [-0.2, 0) is 14.4 Å². The summed E-state index contributed by atoms with van der Waals surface area (Å²) in [4.78, 5) is 105. The molecule has 4 aliphatic rings. The quantitative estimate of drug-likeness (QED) is 0.0591. The van der Waals surface area contributed by atoms with Gasteiger partial charge in [-0.25, -0.2) is 15.0 Å². The van der Waals surface area contributed by atoms with Crippen molar-refractivity contribution < 1.29 is 28.7 Å². The molecule has 5 aromatic rings. The zero-order valence-corrected chi connectivity index (χ0v) is 43.2. The summed E-state index contributed by atoms with van der Waals surface area (Å²) in [7, 11) is 1.73. The predicted molar refractivity (Wildman–Crippen MR) is 280 cm³/mol. The third-order valence-corrected chi connectivity index (χ3v) is 16.2. The van der Waals surface area contributed by atoms with E-state index in [1.165, 1.54) is 18.3 Å². The molecule has 9 rings (SSSR count). The largest absolute Gasteiger partial charge is 0.494 e. The third kappa shape index (κ3) is 11.5. The summed E-state index contributed by atoms with van der Waals surface area (Å²) in [6.45, 7) is 8.33. The highest BCUT2D eigenvalue weighted by molar-refractivity contribution is 7.10. The van der Waals surface area contributed by atoms with E-state index in [-0.39, 0.29) is 58.4 Å². The van der Waals surface area contributed by atoms with Crippen LogP contribution in [0.2, 0.25) is 0 Å². The smallest absolute Gasteiger partial charge is 0.263 e. The Morgan fingerprint density at radius 2 is 1.64 bits per heavy atom. The number of likely N-dealkylation sites (tertiary alicyclic amines) is 1. The molecule has 2 saturated heterocycles. The van der Waals surface area contributed by atoms with Gasteiger partial charge in [0, 0.05) is 67.7 Å². The number of piperazine rings is 1. The third-order valence-electron chi connectivity index (χ3n) is 15.2. The van der Waals surface area contributed by atoms with Crippen molar-refractivity contribution in [2.75, 3.05) is 56.6 Å². The number of pyridine rings is 2. The lowest BCUT2D eigenvalue weighted by Gasteiger charge is -2.36. The van der Waals surface area contributed by atoms with Crippen molar-refractivity contribution in [2.45, 2.75) is 128 Å². The lowest BCUT2D eigenvalue weighted by atomic mass is 9.83. The van der Waals surface area contributed by atoms with E-state index >= 15 is 0 Å². The molecule has 2 unspecified atom stereocenters. The highest BCUT2D eigenvalue weighted by Gasteiger charge is 2.40. The van der Waals surface area contributed by atoms with Gasteiger partial charge in [0.05, 0.1) is 36.1 Å². The predicted octanol–water partition coefficient (Wildman–Crippen LogP) is 7.09. The Balaban J connectivity index is 0.736. The Labute approximate surface area is 429 Å². The van der Waals surface area contributed by atoms with Crippen molar-refractivity contribution in [3.8, 4) is 5.75 Å². The molecule has 0 radical (unpaired) electrons. The van der Waals surface area contributed by atoms with E-state index in [2.05, 4.69) is 30.8 Å². The van der Waals surface area contributed by atoms with Gasteiger partial charge in [-0.1, -0.05) is 44.2 Å². The molecule has 2 aliphatic carbocycles. The van der Waals surface area contributed by atoms with Crippen LogP contribution in [0.5, 0.6) is 5.75 Å². The fourth-order valence-electron chi connectivity index (χ4n) is 11.0. The van der Waals surface area contributed by atoms with E-state index in [9.17, 15) is 28.8 Å². The molecule has 0 spiro atoms. The van der Waals surface area contributed by atoms with Crippen molar-refractivity contribution in [3.05, 3.63) is 91.9 Å². The minimum Gasteiger partial charge on any atom is -0.494 e. The summed E-state index contributed by atoms with van der Waals surface area (Å²) >= 11 is 1.38. The number of nitrogens with zero attached hydrogens (tertiary/aromatic N) is 8. The molecule has 18 nitrogen and oxygen atoms in total. The summed E-state index contributed by atoms with van der Waals surface area (Å²) in [5, 5.41) is 12.4. The number of hydrogen-bond donors (Lipinski definition) is 3. The van der Waals surface area contributed by atoms with E-state index in [1.807, 2.05) is 21.9 Å². The number of ketones is 2. The fourth-order valence-corrected chi connectivity index (χ4v) is 11.9. The molecule has 4 fully saturated rings. The molecule has 0 bridgehead atoms. The standard InChI is InChI=1S/C54H67N11O7S/c1-33-41-31-57-54(61-49(41)65(38-16-8-9-17-38)52(70)46(33)35(3)66)59-44-22-21-39(30-56-44)62-24-26-63(27-25-62)45(67)20-12-28-72-40-18-10-15-37(29-40)48(68)42-32-73-51(58-42)43-19-11-23-64(43)53(71)47(36-13-6-5-7-14-36)60-50(69)34(2)55-4/h10,15,18,21-22,29-32,34,36,38,43,47,55H,5-9,11-14,16-17,19-20,23-28H2,1-4H3,(H,60,69)(H,56,57,59,61)/t34?,43?,47-/m0/s1. The number of likely N-dealkylation sites (N-methyl/N-ethyl adjacent to an activating group) is 1. The van der Waals surface area contributed by atoms with Crippen molar-refractivity contribution in [1.29, 1.82) is 0 Å². The molecular weight excluding hydrogens is 947 g/mol. The first kappa shape index (κ1) is 51.3. The van der Waals surface area contributed by atoms with Gasteiger partial charge in [0.1, 0.15) is 34.0 Å². The molecule has 2 saturated carbocycles. The Morgan fingerprint density at radius 3 is 2.37 bits per heavy atom. The number of rotatable bonds is 18. The number of carbonyl (C=O) groups excluding carboxylic acids is 5. The van der Waals surface area contributed by atoms with Gasteiger partial charge in [0.25, 0.3) is 5.56 Å². The number of Topliss-reactive ketones (excluding diaryl/α,β-unsaturated/α-hetero) is 1. The number of fused-ring (bicyclic) bond motifs is 1. The van der Waals surface area contributed by atoms with Gasteiger partial charge in [0.2, 0.25) is 29.5 Å². The average molecular weight is 1010 g/mol. The summed E-state index contributed by atoms with van der Waals surface area (Å²) in [6.07, 6.45) is 14.7. The average Bonchev–Trinajstić information content (AvgIpc) is 4.23. The molecule has 1 aromatic carbocycles. The highest BCUT2D eigenvalue weighted by atomic mass is 32.1. The minimum absolute atomic E-state index is 0.0162. The highest BCUT2D eigenvalue weighted by Crippen LogP contribution is 2.37. The lowest BCUT2D eigenvalue weighted by Crippen LogP contribution is -2.55. The van der Waals surface area contributed by atoms with E-state index < -0.39 is 12.1 Å². The number of aromatic nitrogens is 5. The molecule has 3 amide bonds. The van der Waals surface area contributed by atoms with Crippen molar-refractivity contribution >= 4 is 69.1 Å². The normalized spacial score (nSPS) is 18.5. The number of carbonyl (C=O) groups is 5. The lowest BCUT2D eigenvalue weighted by molar-refractivity contribution is -0.139. The monoisotopic (exact) mass is 1010 g/mol. The molecule has 3 atom stereocenters. The van der Waals surface area contributed by atoms with Gasteiger partial charge in [-0.15, -0.1) is 11.3 Å². The summed E-state index contributed by atoms with van der Waals surface area (Å²) < 4.78 is 7.73. The number of benzene rings is 1. The van der Waals surface area contributed by atoms with E-state index in [0.717, 1.165) is 81.3 Å². The molecule has 3 N–H and O–H groups in total. The Morgan fingerprint density at radius 1 is 0.877 bits per heavy atom. The van der Waals surface area contributed by atoms with Gasteiger partial charge in [-0.05, 0) is 109 Å². The molecule has 2 aliphatic heterocycles. The zero-order chi connectivity index (χ0) is 51.2. The van der Waals surface area contributed by atoms with Crippen molar-refractivity contribution in [1.82, 2.24) is 44.9 Å². The molecule has 19 heteroatoms. The molecule has 4 aromatic heterocycles. The molecule has 6 heterocycles. The number of anilines is 3. The first-order valence-corrected chi connectivity index (χ1v) is 27.0. The SMILES string of the molecule is CNC(C)C(=O)N[C@H](C(=O)N1CCCC1c1nc(C(=O)c2cccc(OCCCC(=O)N3CCN(c4ccc(Nc5ncc6c(C)c(C(C)=O)c(=O)n(C7CCCC7)c6n5)nc4)CC3)c2)cs1)C1CCCCC1. The van der Waals surface area contributed by atoms with Crippen LogP contribution in [0.1, 0.15) is 146 Å². The second-order valence-corrected chi connectivity index (χ2v) is 20.8. The number of ether oxygens (including phenoxy) is 1. The van der Waals surface area contributed by atoms with Crippen LogP contribution >= 0.6 is 11.3 Å². The Kier molecular flexibility index (Phi) is 16.2. The second kappa shape index (κ2) is 23.1. The van der Waals surface area contributed by atoms with Crippen LogP contribution in [-0.4, -0.2) is 122 Å². The second-order valence-electron chi connectivity index (χ2n) is 20.0. The topological polar surface area (TPSA) is 214 Å². The van der Waals surface area contributed by atoms with Crippen LogP contribution in [0.3, 0.4) is 0 Å². The number of hydrogen-bond acceptors (Lipinski definition) is 15. The zero-order valence-electron chi connectivity index (χ0n) is 42.4. The molecule has 386 valence electrons. The van der Waals surface area contributed by atoms with Gasteiger partial charge in [-0.2, -0.15) is 4.98 Å². The van der Waals surface area contributed by atoms with Crippen LogP contribution in [0.25, 0.3) is 11.0 Å². The van der Waals surface area contributed by atoms with E-state index in [1.54, 1.807) is 67.5 Å².